The zero-order valence-electron chi connectivity index (χ0n) is 8.89. The van der Waals surface area contributed by atoms with E-state index in [-0.39, 0.29) is 11.6 Å². The van der Waals surface area contributed by atoms with Crippen molar-refractivity contribution < 1.29 is 12.8 Å². The third-order valence-corrected chi connectivity index (χ3v) is 2.91. The summed E-state index contributed by atoms with van der Waals surface area (Å²) in [5.74, 6) is -0.322. The third kappa shape index (κ3) is 3.14. The van der Waals surface area contributed by atoms with Crippen LogP contribution < -0.4 is 0 Å². The van der Waals surface area contributed by atoms with Crippen molar-refractivity contribution in [3.8, 4) is 11.1 Å². The molecule has 0 fully saturated rings. The first-order valence-electron chi connectivity index (χ1n) is 5.04. The summed E-state index contributed by atoms with van der Waals surface area (Å²) in [4.78, 5) is 0. The normalized spacial score (nSPS) is 10.7. The van der Waals surface area contributed by atoms with Gasteiger partial charge in [0.1, 0.15) is 16.5 Å². The van der Waals surface area contributed by atoms with E-state index in [1.807, 2.05) is 6.07 Å². The maximum absolute atomic E-state index is 12.8. The van der Waals surface area contributed by atoms with Crippen LogP contribution in [-0.2, 0) is 16.5 Å². The first kappa shape index (κ1) is 11.8. The fourth-order valence-corrected chi connectivity index (χ4v) is 2.01. The highest BCUT2D eigenvalue weighted by Gasteiger charge is 2.01. The minimum atomic E-state index is -2.45. The molecular formula is C13H10FO2S. The molecule has 0 amide bonds. The number of benzene rings is 2. The maximum Gasteiger partial charge on any atom is 0.144 e. The molecular weight excluding hydrogens is 239 g/mol. The van der Waals surface area contributed by atoms with Crippen molar-refractivity contribution in [2.24, 2.45) is 0 Å². The summed E-state index contributed by atoms with van der Waals surface area (Å²) >= 11 is 0. The van der Waals surface area contributed by atoms with Crippen LogP contribution in [0.4, 0.5) is 4.39 Å². The van der Waals surface area contributed by atoms with Gasteiger partial charge in [0.05, 0.1) is 5.75 Å². The molecule has 17 heavy (non-hydrogen) atoms. The fraction of sp³-hybridized carbons (Fsp3) is 0.0769. The van der Waals surface area contributed by atoms with E-state index in [1.54, 1.807) is 24.3 Å². The first-order chi connectivity index (χ1) is 8.15. The van der Waals surface area contributed by atoms with Crippen LogP contribution in [0.2, 0.25) is 0 Å². The lowest BCUT2D eigenvalue weighted by Crippen LogP contribution is -1.88. The van der Waals surface area contributed by atoms with Gasteiger partial charge in [0.25, 0.3) is 0 Å². The summed E-state index contributed by atoms with van der Waals surface area (Å²) in [6, 6.07) is 14.3. The van der Waals surface area contributed by atoms with E-state index in [2.05, 4.69) is 6.07 Å². The Morgan fingerprint density at radius 3 is 2.41 bits per heavy atom. The van der Waals surface area contributed by atoms with Gasteiger partial charge in [-0.15, -0.1) is 0 Å². The summed E-state index contributed by atoms with van der Waals surface area (Å²) in [6.45, 7) is 0. The van der Waals surface area contributed by atoms with E-state index < -0.39 is 10.7 Å². The Bertz CT molecular complexity index is 581. The van der Waals surface area contributed by atoms with E-state index in [0.717, 1.165) is 11.1 Å². The maximum atomic E-state index is 12.8. The lowest BCUT2D eigenvalue weighted by atomic mass is 10.0. The SMILES string of the molecule is O=[SH](=O)Cc1[c]c(-c2ccc(F)cc2)ccc1. The zero-order chi connectivity index (χ0) is 12.3. The zero-order valence-corrected chi connectivity index (χ0v) is 9.78. The van der Waals surface area contributed by atoms with Crippen molar-refractivity contribution in [3.63, 3.8) is 0 Å². The van der Waals surface area contributed by atoms with E-state index in [1.165, 1.54) is 12.1 Å². The van der Waals surface area contributed by atoms with Gasteiger partial charge in [-0.2, -0.15) is 0 Å². The second kappa shape index (κ2) is 5.10. The molecule has 4 heteroatoms. The molecule has 0 aliphatic rings. The summed E-state index contributed by atoms with van der Waals surface area (Å²) < 4.78 is 34.0. The molecule has 2 nitrogen and oxygen atoms in total. The van der Waals surface area contributed by atoms with Crippen LogP contribution in [0, 0.1) is 11.9 Å². The minimum absolute atomic E-state index is 0.0234. The molecule has 2 aromatic rings. The van der Waals surface area contributed by atoms with E-state index in [0.29, 0.717) is 5.56 Å². The van der Waals surface area contributed by atoms with E-state index in [4.69, 9.17) is 0 Å². The lowest BCUT2D eigenvalue weighted by molar-refractivity contribution is 0.614. The molecule has 0 aromatic heterocycles. The van der Waals surface area contributed by atoms with Crippen LogP contribution in [0.3, 0.4) is 0 Å². The number of halogens is 1. The predicted molar refractivity (Wildman–Crippen MR) is 64.7 cm³/mol. The number of hydrogen-bond donors (Lipinski definition) is 1. The Balaban J connectivity index is 2.35. The van der Waals surface area contributed by atoms with E-state index in [9.17, 15) is 12.8 Å². The molecule has 0 heterocycles. The van der Waals surface area contributed by atoms with Crippen molar-refractivity contribution in [3.05, 3.63) is 59.9 Å². The number of rotatable bonds is 3. The van der Waals surface area contributed by atoms with Crippen LogP contribution in [-0.4, -0.2) is 8.42 Å². The third-order valence-electron chi connectivity index (χ3n) is 2.31. The van der Waals surface area contributed by atoms with Crippen molar-refractivity contribution in [2.75, 3.05) is 0 Å². The van der Waals surface area contributed by atoms with E-state index >= 15 is 0 Å². The van der Waals surface area contributed by atoms with Gasteiger partial charge < -0.3 is 0 Å². The molecule has 0 aliphatic heterocycles. The monoisotopic (exact) mass is 249 g/mol. The molecule has 0 saturated heterocycles. The van der Waals surface area contributed by atoms with Crippen LogP contribution in [0.15, 0.2) is 42.5 Å². The molecule has 2 aromatic carbocycles. The molecule has 2 rings (SSSR count). The highest BCUT2D eigenvalue weighted by atomic mass is 32.2. The topological polar surface area (TPSA) is 34.1 Å². The van der Waals surface area contributed by atoms with Gasteiger partial charge in [0.2, 0.25) is 0 Å². The van der Waals surface area contributed by atoms with Crippen LogP contribution in [0.1, 0.15) is 5.56 Å². The molecule has 0 aliphatic carbocycles. The number of hydrogen-bond acceptors (Lipinski definition) is 2. The van der Waals surface area contributed by atoms with Crippen LogP contribution in [0.25, 0.3) is 11.1 Å². The standard InChI is InChI=1S/C13H10FO2S/c14-13-6-4-11(5-7-13)12-3-1-2-10(8-12)9-17(15)16/h1-7,17H,9H2. The van der Waals surface area contributed by atoms with Crippen LogP contribution >= 0.6 is 0 Å². The summed E-state index contributed by atoms with van der Waals surface area (Å²) in [6.07, 6.45) is 0. The fourth-order valence-electron chi connectivity index (χ4n) is 1.55. The summed E-state index contributed by atoms with van der Waals surface area (Å²) in [5.41, 5.74) is 2.19. The Labute approximate surface area is 101 Å². The van der Waals surface area contributed by atoms with Gasteiger partial charge in [-0.1, -0.05) is 30.3 Å². The molecule has 87 valence electrons. The van der Waals surface area contributed by atoms with Crippen molar-refractivity contribution in [1.82, 2.24) is 0 Å². The summed E-state index contributed by atoms with van der Waals surface area (Å²) in [5, 5.41) is 0. The summed E-state index contributed by atoms with van der Waals surface area (Å²) in [7, 11) is -2.45. The second-order valence-corrected chi connectivity index (χ2v) is 4.57. The lowest BCUT2D eigenvalue weighted by Gasteiger charge is -2.02. The van der Waals surface area contributed by atoms with Crippen LogP contribution in [0.5, 0.6) is 0 Å². The second-order valence-electron chi connectivity index (χ2n) is 3.59. The predicted octanol–water partition coefficient (Wildman–Crippen LogP) is 2.40. The molecule has 0 saturated carbocycles. The van der Waals surface area contributed by atoms with Gasteiger partial charge in [-0.05, 0) is 34.9 Å². The van der Waals surface area contributed by atoms with Gasteiger partial charge in [-0.3, -0.25) is 0 Å². The highest BCUT2D eigenvalue weighted by Crippen LogP contribution is 2.20. The van der Waals surface area contributed by atoms with Gasteiger partial charge >= 0.3 is 0 Å². The Morgan fingerprint density at radius 2 is 1.76 bits per heavy atom. The molecule has 1 radical (unpaired) electrons. The average Bonchev–Trinajstić information content (AvgIpc) is 2.29. The molecule has 0 atom stereocenters. The van der Waals surface area contributed by atoms with Gasteiger partial charge in [0, 0.05) is 0 Å². The first-order valence-corrected chi connectivity index (χ1v) is 6.40. The smallest absolute Gasteiger partial charge is 0.144 e. The quantitative estimate of drug-likeness (QED) is 0.848. The highest BCUT2D eigenvalue weighted by molar-refractivity contribution is 7.71. The average molecular weight is 249 g/mol. The van der Waals surface area contributed by atoms with Crippen molar-refractivity contribution >= 4 is 10.7 Å². The van der Waals surface area contributed by atoms with Crippen molar-refractivity contribution in [1.29, 1.82) is 0 Å². The Morgan fingerprint density at radius 1 is 1.06 bits per heavy atom. The molecule has 0 unspecified atom stereocenters. The molecule has 0 spiro atoms. The van der Waals surface area contributed by atoms with Gasteiger partial charge in [0.15, 0.2) is 0 Å². The molecule has 0 N–H and O–H groups in total. The Kier molecular flexibility index (Phi) is 3.54. The van der Waals surface area contributed by atoms with Gasteiger partial charge in [-0.25, -0.2) is 12.8 Å². The number of thiol groups is 1. The largest absolute Gasteiger partial charge is 0.232 e. The Hall–Kier alpha value is -1.68. The minimum Gasteiger partial charge on any atom is -0.232 e. The molecule has 0 bridgehead atoms. The van der Waals surface area contributed by atoms with Crippen molar-refractivity contribution in [2.45, 2.75) is 5.75 Å².